The van der Waals surface area contributed by atoms with Gasteiger partial charge in [-0.2, -0.15) is 0 Å². The molecule has 0 spiro atoms. The van der Waals surface area contributed by atoms with Crippen molar-refractivity contribution in [2.24, 2.45) is 17.3 Å². The monoisotopic (exact) mass is 520 g/mol. The van der Waals surface area contributed by atoms with E-state index in [9.17, 15) is 23.5 Å². The third-order valence-corrected chi connectivity index (χ3v) is 7.51. The van der Waals surface area contributed by atoms with Crippen LogP contribution >= 0.6 is 0 Å². The normalized spacial score (nSPS) is 18.9. The molecular weight excluding hydrogens is 482 g/mol. The Bertz CT molecular complexity index is 1020. The molecule has 3 rings (SSSR count). The highest BCUT2D eigenvalue weighted by atomic mass is 19.1. The van der Waals surface area contributed by atoms with E-state index in [1.54, 1.807) is 0 Å². The van der Waals surface area contributed by atoms with E-state index in [4.69, 9.17) is 10.1 Å². The molecule has 0 aromatic heterocycles. The Balaban J connectivity index is 1.95. The highest BCUT2D eigenvalue weighted by Crippen LogP contribution is 2.49. The summed E-state index contributed by atoms with van der Waals surface area (Å²) in [5, 5.41) is 23.3. The van der Waals surface area contributed by atoms with Crippen molar-refractivity contribution < 1.29 is 28.2 Å². The number of allylic oxidation sites excluding steroid dienone is 2. The van der Waals surface area contributed by atoms with Crippen LogP contribution in [0.25, 0.3) is 0 Å². The van der Waals surface area contributed by atoms with E-state index < -0.39 is 35.0 Å². The van der Waals surface area contributed by atoms with Crippen molar-refractivity contribution in [1.29, 1.82) is 5.41 Å². The molecule has 1 aliphatic carbocycles. The van der Waals surface area contributed by atoms with Gasteiger partial charge in [-0.05, 0) is 63.3 Å². The van der Waals surface area contributed by atoms with Gasteiger partial charge < -0.3 is 30.8 Å². The predicted octanol–water partition coefficient (Wildman–Crippen LogP) is 5.37. The average Bonchev–Trinajstić information content (AvgIpc) is 2.82. The van der Waals surface area contributed by atoms with Crippen molar-refractivity contribution >= 4 is 23.9 Å². The minimum Gasteiger partial charge on any atom is -0.481 e. The van der Waals surface area contributed by atoms with Gasteiger partial charge in [0.25, 0.3) is 0 Å². The Hall–Kier alpha value is -3.01. The van der Waals surface area contributed by atoms with Crippen LogP contribution < -0.4 is 10.6 Å². The van der Waals surface area contributed by atoms with Crippen LogP contribution in [0.2, 0.25) is 0 Å². The third kappa shape index (κ3) is 6.85. The van der Waals surface area contributed by atoms with Crippen LogP contribution in [-0.2, 0) is 9.53 Å². The highest BCUT2D eigenvalue weighted by Gasteiger charge is 2.50. The van der Waals surface area contributed by atoms with Gasteiger partial charge in [-0.25, -0.2) is 13.6 Å². The van der Waals surface area contributed by atoms with Crippen molar-refractivity contribution in [1.82, 2.24) is 10.2 Å². The number of aliphatic carboxylic acids is 1. The van der Waals surface area contributed by atoms with E-state index in [-0.39, 0.29) is 18.2 Å². The second kappa shape index (κ2) is 12.5. The summed E-state index contributed by atoms with van der Waals surface area (Å²) >= 11 is 0. The molecule has 2 fully saturated rings. The molecule has 1 unspecified atom stereocenters. The lowest BCUT2D eigenvalue weighted by molar-refractivity contribution is -0.157. The second-order valence-electron chi connectivity index (χ2n) is 10.4. The number of carboxylic acid groups (broad SMARTS) is 1. The quantitative estimate of drug-likeness (QED) is 0.293. The summed E-state index contributed by atoms with van der Waals surface area (Å²) in [6.45, 7) is 8.07. The maximum atomic E-state index is 14.2. The molecule has 1 aliphatic heterocycles. The molecule has 2 aliphatic rings. The number of nitrogens with one attached hydrogen (secondary N) is 3. The van der Waals surface area contributed by atoms with Gasteiger partial charge in [-0.1, -0.05) is 20.3 Å². The highest BCUT2D eigenvalue weighted by molar-refractivity contribution is 5.90. The SMILES string of the molecule is C/C(=C(\CC(C=N)C1(C(=O)O)CCC1)NC(=O)Nc1ccc(F)cc1F)N(CC(C)C)C1CCOCC1. The number of carbonyl (C=O) groups excluding carboxylic acids is 1. The molecule has 1 saturated heterocycles. The number of amides is 2. The first-order valence-electron chi connectivity index (χ1n) is 12.9. The molecular formula is C27H38F2N4O4. The van der Waals surface area contributed by atoms with Gasteiger partial charge in [-0.15, -0.1) is 0 Å². The zero-order chi connectivity index (χ0) is 27.2. The van der Waals surface area contributed by atoms with E-state index in [1.165, 1.54) is 6.21 Å². The molecule has 2 amide bonds. The molecule has 1 saturated carbocycles. The van der Waals surface area contributed by atoms with Gasteiger partial charge >= 0.3 is 12.0 Å². The first-order chi connectivity index (χ1) is 17.6. The molecule has 10 heteroatoms. The molecule has 1 aromatic rings. The van der Waals surface area contributed by atoms with Crippen LogP contribution in [0.1, 0.15) is 59.3 Å². The van der Waals surface area contributed by atoms with Gasteiger partial charge in [0.2, 0.25) is 0 Å². The van der Waals surface area contributed by atoms with Crippen LogP contribution in [0.4, 0.5) is 19.3 Å². The summed E-state index contributed by atoms with van der Waals surface area (Å²) in [6.07, 6.45) is 4.65. The summed E-state index contributed by atoms with van der Waals surface area (Å²) in [7, 11) is 0. The van der Waals surface area contributed by atoms with Crippen molar-refractivity contribution in [3.05, 3.63) is 41.2 Å². The minimum atomic E-state index is -1.05. The largest absolute Gasteiger partial charge is 0.481 e. The molecule has 204 valence electrons. The van der Waals surface area contributed by atoms with Crippen molar-refractivity contribution in [3.63, 3.8) is 0 Å². The third-order valence-electron chi connectivity index (χ3n) is 7.51. The summed E-state index contributed by atoms with van der Waals surface area (Å²) < 4.78 is 33.0. The molecule has 1 aromatic carbocycles. The summed E-state index contributed by atoms with van der Waals surface area (Å²) in [4.78, 5) is 27.4. The Morgan fingerprint density at radius 3 is 2.46 bits per heavy atom. The number of ether oxygens (including phenoxy) is 1. The molecule has 1 heterocycles. The van der Waals surface area contributed by atoms with E-state index in [0.717, 1.165) is 43.6 Å². The second-order valence-corrected chi connectivity index (χ2v) is 10.4. The summed E-state index contributed by atoms with van der Waals surface area (Å²) in [5.41, 5.74) is 0.0370. The topological polar surface area (TPSA) is 115 Å². The van der Waals surface area contributed by atoms with Crippen LogP contribution in [0, 0.1) is 34.3 Å². The van der Waals surface area contributed by atoms with Gasteiger partial charge in [0.1, 0.15) is 11.6 Å². The van der Waals surface area contributed by atoms with Crippen LogP contribution in [-0.4, -0.2) is 54.0 Å². The zero-order valence-corrected chi connectivity index (χ0v) is 21.8. The van der Waals surface area contributed by atoms with Crippen LogP contribution in [0.3, 0.4) is 0 Å². The van der Waals surface area contributed by atoms with Gasteiger partial charge in [0, 0.05) is 49.2 Å². The number of carbonyl (C=O) groups is 2. The molecule has 1 atom stereocenters. The number of urea groups is 1. The fourth-order valence-electron chi connectivity index (χ4n) is 5.23. The lowest BCUT2D eigenvalue weighted by Crippen LogP contribution is -2.47. The van der Waals surface area contributed by atoms with Gasteiger partial charge in [0.15, 0.2) is 0 Å². The molecule has 0 bridgehead atoms. The fraction of sp³-hybridized carbons (Fsp3) is 0.593. The standard InChI is InChI=1S/C27H38F2N4O4/c1-17(2)16-33(21-7-11-37-12-8-21)18(3)24(13-19(15-30)27(25(34)35)9-4-10-27)32-26(36)31-23-6-5-20(28)14-22(23)29/h5-6,14-15,17,19,21,30H,4,7-13,16H2,1-3H3,(H,34,35)(H2,31,32,36)/b24-18-,30-15?. The maximum Gasteiger partial charge on any atom is 0.323 e. The molecule has 4 N–H and O–H groups in total. The number of nitrogens with zero attached hydrogens (tertiary/aromatic N) is 1. The first kappa shape index (κ1) is 28.6. The predicted molar refractivity (Wildman–Crippen MR) is 137 cm³/mol. The summed E-state index contributed by atoms with van der Waals surface area (Å²) in [5.74, 6) is -2.91. The number of carboxylic acids is 1. The lowest BCUT2D eigenvalue weighted by Gasteiger charge is -2.43. The number of halogens is 2. The van der Waals surface area contributed by atoms with E-state index in [1.807, 2.05) is 6.92 Å². The average molecular weight is 521 g/mol. The van der Waals surface area contributed by atoms with Crippen molar-refractivity contribution in [2.45, 2.75) is 65.3 Å². The zero-order valence-electron chi connectivity index (χ0n) is 21.8. The Kier molecular flexibility index (Phi) is 9.64. The number of hydrogen-bond acceptors (Lipinski definition) is 5. The maximum absolute atomic E-state index is 14.2. The first-order valence-corrected chi connectivity index (χ1v) is 12.9. The Labute approximate surface area is 217 Å². The van der Waals surface area contributed by atoms with E-state index in [0.29, 0.717) is 43.7 Å². The molecule has 0 radical (unpaired) electrons. The summed E-state index contributed by atoms with van der Waals surface area (Å²) in [6, 6.07) is 2.33. The van der Waals surface area contributed by atoms with Crippen molar-refractivity contribution in [3.8, 4) is 0 Å². The van der Waals surface area contributed by atoms with Crippen molar-refractivity contribution in [2.75, 3.05) is 25.1 Å². The van der Waals surface area contributed by atoms with Crippen LogP contribution in [0.5, 0.6) is 0 Å². The van der Waals surface area contributed by atoms with Gasteiger partial charge in [-0.3, -0.25) is 4.79 Å². The Morgan fingerprint density at radius 2 is 1.95 bits per heavy atom. The molecule has 37 heavy (non-hydrogen) atoms. The van der Waals surface area contributed by atoms with E-state index >= 15 is 0 Å². The number of benzene rings is 1. The number of hydrogen-bond donors (Lipinski definition) is 4. The number of rotatable bonds is 11. The minimum absolute atomic E-state index is 0.138. The number of anilines is 1. The smallest absolute Gasteiger partial charge is 0.323 e. The fourth-order valence-corrected chi connectivity index (χ4v) is 5.23. The van der Waals surface area contributed by atoms with E-state index in [2.05, 4.69) is 29.4 Å². The molecule has 8 nitrogen and oxygen atoms in total. The van der Waals surface area contributed by atoms with Crippen LogP contribution in [0.15, 0.2) is 29.6 Å². The Morgan fingerprint density at radius 1 is 1.27 bits per heavy atom. The van der Waals surface area contributed by atoms with Gasteiger partial charge in [0.05, 0.1) is 11.1 Å². The lowest BCUT2D eigenvalue weighted by atomic mass is 9.60.